The first-order valence-corrected chi connectivity index (χ1v) is 6.78. The first-order valence-electron chi connectivity index (χ1n) is 6.03. The van der Waals surface area contributed by atoms with Crippen LogP contribution in [0.25, 0.3) is 0 Å². The van der Waals surface area contributed by atoms with Gasteiger partial charge in [0, 0.05) is 20.2 Å². The molecule has 0 fully saturated rings. The van der Waals surface area contributed by atoms with Crippen LogP contribution >= 0.6 is 23.2 Å². The first kappa shape index (κ1) is 16.5. The Morgan fingerprint density at radius 2 is 1.89 bits per heavy atom. The van der Waals surface area contributed by atoms with Gasteiger partial charge in [0.1, 0.15) is 12.7 Å². The second-order valence-corrected chi connectivity index (χ2v) is 5.03. The molecule has 0 aliphatic rings. The third-order valence-corrected chi connectivity index (χ3v) is 3.15. The lowest BCUT2D eigenvalue weighted by molar-refractivity contribution is 0.0904. The summed E-state index contributed by atoms with van der Waals surface area (Å²) < 4.78 is 10.5. The number of halogens is 2. The van der Waals surface area contributed by atoms with Crippen LogP contribution in [0.1, 0.15) is 6.92 Å². The number of rotatable bonds is 8. The smallest absolute Gasteiger partial charge is 0.156 e. The van der Waals surface area contributed by atoms with E-state index >= 15 is 0 Å². The van der Waals surface area contributed by atoms with Crippen LogP contribution in [-0.4, -0.2) is 44.1 Å². The van der Waals surface area contributed by atoms with Gasteiger partial charge in [0.25, 0.3) is 0 Å². The van der Waals surface area contributed by atoms with Crippen molar-refractivity contribution in [2.75, 3.05) is 26.8 Å². The van der Waals surface area contributed by atoms with Crippen molar-refractivity contribution in [3.8, 4) is 5.75 Å². The van der Waals surface area contributed by atoms with Crippen LogP contribution in [-0.2, 0) is 4.74 Å². The number of para-hydroxylation sites is 1. The molecule has 2 N–H and O–H groups in total. The van der Waals surface area contributed by atoms with Gasteiger partial charge in [-0.3, -0.25) is 0 Å². The van der Waals surface area contributed by atoms with Crippen molar-refractivity contribution in [3.05, 3.63) is 28.2 Å². The number of methoxy groups -OCH3 is 1. The average Bonchev–Trinajstić information content (AvgIpc) is 2.38. The zero-order chi connectivity index (χ0) is 14.3. The Labute approximate surface area is 123 Å². The summed E-state index contributed by atoms with van der Waals surface area (Å²) in [6, 6.07) is 5.11. The molecule has 0 aromatic heterocycles. The van der Waals surface area contributed by atoms with Gasteiger partial charge in [0.05, 0.1) is 16.1 Å². The van der Waals surface area contributed by atoms with E-state index in [1.165, 1.54) is 0 Å². The van der Waals surface area contributed by atoms with Crippen molar-refractivity contribution in [2.45, 2.75) is 19.1 Å². The van der Waals surface area contributed by atoms with E-state index in [0.29, 0.717) is 28.9 Å². The Morgan fingerprint density at radius 3 is 2.47 bits per heavy atom. The van der Waals surface area contributed by atoms with E-state index in [9.17, 15) is 5.11 Å². The van der Waals surface area contributed by atoms with E-state index in [1.807, 2.05) is 6.92 Å². The third kappa shape index (κ3) is 5.97. The number of ether oxygens (including phenoxy) is 2. The van der Waals surface area contributed by atoms with E-state index in [-0.39, 0.29) is 12.7 Å². The predicted molar refractivity (Wildman–Crippen MR) is 77.3 cm³/mol. The fourth-order valence-electron chi connectivity index (χ4n) is 1.40. The summed E-state index contributed by atoms with van der Waals surface area (Å²) in [5.41, 5.74) is 0. The molecule has 4 nitrogen and oxygen atoms in total. The SMILES string of the molecule is COC(C)CNCC(O)COc1c(Cl)cccc1Cl. The Balaban J connectivity index is 2.32. The van der Waals surface area contributed by atoms with Crippen LogP contribution < -0.4 is 10.1 Å². The molecule has 1 rings (SSSR count). The molecule has 0 saturated carbocycles. The number of aliphatic hydroxyl groups is 1. The molecule has 6 heteroatoms. The van der Waals surface area contributed by atoms with Crippen molar-refractivity contribution >= 4 is 23.2 Å². The standard InChI is InChI=1S/C13H19Cl2NO3/c1-9(18-2)6-16-7-10(17)8-19-13-11(14)4-3-5-12(13)15/h3-5,9-10,16-17H,6-8H2,1-2H3. The molecule has 0 bridgehead atoms. The molecule has 0 saturated heterocycles. The van der Waals surface area contributed by atoms with Crippen LogP contribution in [0, 0.1) is 0 Å². The summed E-state index contributed by atoms with van der Waals surface area (Å²) in [7, 11) is 1.64. The van der Waals surface area contributed by atoms with E-state index in [1.54, 1.807) is 25.3 Å². The summed E-state index contributed by atoms with van der Waals surface area (Å²) >= 11 is 11.9. The molecule has 2 unspecified atom stereocenters. The van der Waals surface area contributed by atoms with Crippen LogP contribution in [0.15, 0.2) is 18.2 Å². The Bertz CT molecular complexity index is 370. The lowest BCUT2D eigenvalue weighted by Gasteiger charge is -2.16. The highest BCUT2D eigenvalue weighted by Crippen LogP contribution is 2.32. The minimum Gasteiger partial charge on any atom is -0.488 e. The maximum atomic E-state index is 9.76. The zero-order valence-corrected chi connectivity index (χ0v) is 12.5. The van der Waals surface area contributed by atoms with Crippen LogP contribution in [0.5, 0.6) is 5.75 Å². The van der Waals surface area contributed by atoms with E-state index in [0.717, 1.165) is 0 Å². The molecule has 0 aliphatic heterocycles. The molecule has 0 aliphatic carbocycles. The highest BCUT2D eigenvalue weighted by Gasteiger charge is 2.10. The minimum atomic E-state index is -0.642. The summed E-state index contributed by atoms with van der Waals surface area (Å²) in [5, 5.41) is 13.7. The van der Waals surface area contributed by atoms with Crippen LogP contribution in [0.2, 0.25) is 10.0 Å². The van der Waals surface area contributed by atoms with E-state index in [2.05, 4.69) is 5.32 Å². The predicted octanol–water partition coefficient (Wildman–Crippen LogP) is 2.36. The molecule has 0 spiro atoms. The van der Waals surface area contributed by atoms with Crippen molar-refractivity contribution in [1.29, 1.82) is 0 Å². The summed E-state index contributed by atoms with van der Waals surface area (Å²) in [6.45, 7) is 3.15. The van der Waals surface area contributed by atoms with Crippen LogP contribution in [0.3, 0.4) is 0 Å². The number of nitrogens with one attached hydrogen (secondary N) is 1. The fraction of sp³-hybridized carbons (Fsp3) is 0.538. The van der Waals surface area contributed by atoms with Gasteiger partial charge < -0.3 is 19.9 Å². The number of benzene rings is 1. The van der Waals surface area contributed by atoms with Crippen molar-refractivity contribution < 1.29 is 14.6 Å². The van der Waals surface area contributed by atoms with Gasteiger partial charge in [-0.05, 0) is 19.1 Å². The maximum absolute atomic E-state index is 9.76. The topological polar surface area (TPSA) is 50.7 Å². The molecule has 1 aromatic rings. The fourth-order valence-corrected chi connectivity index (χ4v) is 1.90. The van der Waals surface area contributed by atoms with Crippen LogP contribution in [0.4, 0.5) is 0 Å². The molecule has 0 amide bonds. The third-order valence-electron chi connectivity index (χ3n) is 2.55. The second kappa shape index (κ2) is 8.61. The average molecular weight is 308 g/mol. The molecular formula is C13H19Cl2NO3. The van der Waals surface area contributed by atoms with Gasteiger partial charge in [0.15, 0.2) is 5.75 Å². The summed E-state index contributed by atoms with van der Waals surface area (Å²) in [4.78, 5) is 0. The van der Waals surface area contributed by atoms with Gasteiger partial charge in [-0.25, -0.2) is 0 Å². The maximum Gasteiger partial charge on any atom is 0.156 e. The molecule has 19 heavy (non-hydrogen) atoms. The molecule has 1 aromatic carbocycles. The molecule has 0 heterocycles. The Morgan fingerprint density at radius 1 is 1.26 bits per heavy atom. The van der Waals surface area contributed by atoms with E-state index in [4.69, 9.17) is 32.7 Å². The zero-order valence-electron chi connectivity index (χ0n) is 11.0. The molecular weight excluding hydrogens is 289 g/mol. The lowest BCUT2D eigenvalue weighted by Crippen LogP contribution is -2.35. The van der Waals surface area contributed by atoms with Gasteiger partial charge >= 0.3 is 0 Å². The summed E-state index contributed by atoms with van der Waals surface area (Å²) in [5.74, 6) is 0.398. The molecule has 108 valence electrons. The number of hydrogen-bond acceptors (Lipinski definition) is 4. The van der Waals surface area contributed by atoms with Crippen molar-refractivity contribution in [3.63, 3.8) is 0 Å². The van der Waals surface area contributed by atoms with Crippen molar-refractivity contribution in [2.24, 2.45) is 0 Å². The first-order chi connectivity index (χ1) is 9.04. The number of hydrogen-bond donors (Lipinski definition) is 2. The Hall–Kier alpha value is -0.520. The largest absolute Gasteiger partial charge is 0.488 e. The lowest BCUT2D eigenvalue weighted by atomic mass is 10.3. The Kier molecular flexibility index (Phi) is 7.49. The van der Waals surface area contributed by atoms with Crippen molar-refractivity contribution in [1.82, 2.24) is 5.32 Å². The monoisotopic (exact) mass is 307 g/mol. The normalized spacial score (nSPS) is 14.2. The molecule has 0 radical (unpaired) electrons. The highest BCUT2D eigenvalue weighted by atomic mass is 35.5. The van der Waals surface area contributed by atoms with Gasteiger partial charge in [-0.1, -0.05) is 29.3 Å². The van der Waals surface area contributed by atoms with Gasteiger partial charge in [-0.15, -0.1) is 0 Å². The number of aliphatic hydroxyl groups excluding tert-OH is 1. The van der Waals surface area contributed by atoms with E-state index < -0.39 is 6.10 Å². The quantitative estimate of drug-likeness (QED) is 0.774. The highest BCUT2D eigenvalue weighted by molar-refractivity contribution is 6.37. The molecule has 2 atom stereocenters. The second-order valence-electron chi connectivity index (χ2n) is 4.22. The minimum absolute atomic E-state index is 0.103. The van der Waals surface area contributed by atoms with Gasteiger partial charge in [-0.2, -0.15) is 0 Å². The summed E-state index contributed by atoms with van der Waals surface area (Å²) in [6.07, 6.45) is -0.539. The van der Waals surface area contributed by atoms with Gasteiger partial charge in [0.2, 0.25) is 0 Å².